The van der Waals surface area contributed by atoms with Gasteiger partial charge in [-0.1, -0.05) is 18.2 Å². The van der Waals surface area contributed by atoms with Gasteiger partial charge in [0.25, 0.3) is 0 Å². The Morgan fingerprint density at radius 3 is 2.05 bits per heavy atom. The Hall–Kier alpha value is -0.0200. The van der Waals surface area contributed by atoms with Gasteiger partial charge < -0.3 is 0 Å². The third-order valence-corrected chi connectivity index (χ3v) is 7.52. The highest BCUT2D eigenvalue weighted by Crippen LogP contribution is 2.69. The second-order valence-corrected chi connectivity index (χ2v) is 10.7. The van der Waals surface area contributed by atoms with Crippen molar-refractivity contribution in [3.05, 3.63) is 30.3 Å². The van der Waals surface area contributed by atoms with E-state index < -0.39 is 28.9 Å². The Morgan fingerprint density at radius 2 is 1.68 bits per heavy atom. The van der Waals surface area contributed by atoms with Crippen molar-refractivity contribution in [3.63, 3.8) is 0 Å². The van der Waals surface area contributed by atoms with Crippen LogP contribution < -0.4 is 5.30 Å². The van der Waals surface area contributed by atoms with Crippen molar-refractivity contribution in [1.29, 1.82) is 0 Å². The van der Waals surface area contributed by atoms with Gasteiger partial charge in [0, 0.05) is 9.98 Å². The van der Waals surface area contributed by atoms with Crippen LogP contribution in [0.15, 0.2) is 30.3 Å². The van der Waals surface area contributed by atoms with Crippen LogP contribution >= 0.6 is 26.0 Å². The maximum Gasteiger partial charge on any atom is 0.613 e. The van der Waals surface area contributed by atoms with Gasteiger partial charge in [0.05, 0.1) is 0 Å². The van der Waals surface area contributed by atoms with Crippen LogP contribution in [0.3, 0.4) is 0 Å². The zero-order valence-corrected chi connectivity index (χ0v) is 12.2. The van der Waals surface area contributed by atoms with E-state index in [-0.39, 0.29) is 0 Å². The quantitative estimate of drug-likeness (QED) is 0.270. The molecule has 4 nitrogen and oxygen atoms in total. The second-order valence-electron chi connectivity index (χ2n) is 2.91. The monoisotopic (exact) mass is 363 g/mol. The molecular formula is C6H6F5O4P2S2+. The summed E-state index contributed by atoms with van der Waals surface area (Å²) in [5.74, 6) is 0. The van der Waals surface area contributed by atoms with Gasteiger partial charge in [-0.05, 0) is 21.2 Å². The molecule has 0 aliphatic heterocycles. The minimum absolute atomic E-state index is 0.746. The van der Waals surface area contributed by atoms with Crippen LogP contribution in [0.4, 0.5) is 20.1 Å². The van der Waals surface area contributed by atoms with Gasteiger partial charge in [0.2, 0.25) is 0 Å². The lowest BCUT2D eigenvalue weighted by molar-refractivity contribution is -0.118. The highest BCUT2D eigenvalue weighted by Gasteiger charge is 2.54. The molecule has 0 heterocycles. The Kier molecular flexibility index (Phi) is 5.17. The summed E-state index contributed by atoms with van der Waals surface area (Å²) in [5, 5.41) is -0.945. The smallest absolute Gasteiger partial charge is 0.125 e. The minimum atomic E-state index is -8.45. The van der Waals surface area contributed by atoms with Crippen molar-refractivity contribution < 1.29 is 38.7 Å². The molecule has 0 bridgehead atoms. The highest BCUT2D eigenvalue weighted by molar-refractivity contribution is 8.43. The highest BCUT2D eigenvalue weighted by atomic mass is 32.7. The first-order chi connectivity index (χ1) is 8.59. The molecule has 2 atom stereocenters. The van der Waals surface area contributed by atoms with E-state index in [0.29, 0.717) is 0 Å². The second kappa shape index (κ2) is 5.77. The van der Waals surface area contributed by atoms with Crippen LogP contribution in [0.25, 0.3) is 0 Å². The van der Waals surface area contributed by atoms with Gasteiger partial charge in [-0.15, -0.1) is 24.9 Å². The molecule has 19 heavy (non-hydrogen) atoms. The van der Waals surface area contributed by atoms with Crippen molar-refractivity contribution in [1.82, 2.24) is 0 Å². The summed E-state index contributed by atoms with van der Waals surface area (Å²) >= 11 is 3.11. The van der Waals surface area contributed by atoms with E-state index >= 15 is 0 Å². The lowest BCUT2D eigenvalue weighted by Gasteiger charge is -2.25. The van der Waals surface area contributed by atoms with E-state index in [2.05, 4.69) is 26.3 Å². The molecule has 0 saturated carbocycles. The third kappa shape index (κ3) is 3.75. The summed E-state index contributed by atoms with van der Waals surface area (Å²) in [6, 6.07) is 4.99. The number of benzene rings is 1. The van der Waals surface area contributed by atoms with Crippen molar-refractivity contribution in [3.8, 4) is 0 Å². The lowest BCUT2D eigenvalue weighted by Crippen LogP contribution is -2.18. The fourth-order valence-corrected chi connectivity index (χ4v) is 5.19. The number of hydrogen-bond donors (Lipinski definition) is 1. The van der Waals surface area contributed by atoms with Crippen LogP contribution in [0.1, 0.15) is 0 Å². The largest absolute Gasteiger partial charge is 0.613 e. The topological polar surface area (TPSA) is 44.8 Å². The first kappa shape index (κ1) is 17.0. The summed E-state index contributed by atoms with van der Waals surface area (Å²) in [6.45, 7) is -5.86. The third-order valence-electron chi connectivity index (χ3n) is 1.72. The van der Waals surface area contributed by atoms with Crippen LogP contribution in [0.2, 0.25) is 0 Å². The number of rotatable bonds is 5. The standard InChI is InChI=1S/C6H5F5O4P2S2/c7-13-17(15-14-16(12)18,19(8,9,10)11)6-4-2-1-3-5-6/h1-5H/p+1. The van der Waals surface area contributed by atoms with Gasteiger partial charge in [-0.3, -0.25) is 0 Å². The molecule has 13 heteroatoms. The Balaban J connectivity index is 3.60. The van der Waals surface area contributed by atoms with E-state index in [0.717, 1.165) is 24.3 Å². The maximum atomic E-state index is 13.0. The maximum absolute atomic E-state index is 13.0. The lowest BCUT2D eigenvalue weighted by atomic mass is 10.4. The molecule has 0 aliphatic carbocycles. The molecule has 0 N–H and O–H groups in total. The number of thiol groups is 1. The van der Waals surface area contributed by atoms with E-state index in [1.807, 2.05) is 0 Å². The number of hydrogen-bond acceptors (Lipinski definition) is 4. The van der Waals surface area contributed by atoms with E-state index in [1.165, 1.54) is 6.07 Å². The average Bonchev–Trinajstić information content (AvgIpc) is 2.28. The van der Waals surface area contributed by atoms with Crippen LogP contribution in [-0.4, -0.2) is 0 Å². The average molecular weight is 363 g/mol. The molecule has 0 aromatic heterocycles. The van der Waals surface area contributed by atoms with Crippen LogP contribution in [-0.2, 0) is 28.5 Å². The van der Waals surface area contributed by atoms with Gasteiger partial charge in [0.1, 0.15) is 12.2 Å². The van der Waals surface area contributed by atoms with Gasteiger partial charge in [0.15, 0.2) is 0 Å². The van der Waals surface area contributed by atoms with E-state index in [9.17, 15) is 24.6 Å². The zero-order valence-electron chi connectivity index (χ0n) is 8.66. The molecule has 1 aromatic carbocycles. The molecule has 0 spiro atoms. The van der Waals surface area contributed by atoms with E-state index in [1.54, 1.807) is 0 Å². The first-order valence-corrected chi connectivity index (χ1v) is 10.4. The van der Waals surface area contributed by atoms with Crippen molar-refractivity contribution >= 4 is 41.2 Å². The summed E-state index contributed by atoms with van der Waals surface area (Å²) in [5.41, 5.74) is 0. The Morgan fingerprint density at radius 1 is 1.16 bits per heavy atom. The SMILES string of the molecule is O=[P+](S)OOP(OF)(c1ccccc1)=S(F)(F)(F)F. The van der Waals surface area contributed by atoms with Crippen LogP contribution in [0, 0.1) is 0 Å². The van der Waals surface area contributed by atoms with Crippen molar-refractivity contribution in [2.24, 2.45) is 0 Å². The molecule has 0 saturated heterocycles. The molecule has 1 aromatic rings. The summed E-state index contributed by atoms with van der Waals surface area (Å²) < 4.78 is 85.1. The van der Waals surface area contributed by atoms with Crippen molar-refractivity contribution in [2.75, 3.05) is 0 Å². The Bertz CT molecular complexity index is 553. The molecule has 0 fully saturated rings. The minimum Gasteiger partial charge on any atom is -0.125 e. The molecule has 2 unspecified atom stereocenters. The fraction of sp³-hybridized carbons (Fsp3) is 0. The predicted octanol–water partition coefficient (Wildman–Crippen LogP) is 4.74. The fourth-order valence-electron chi connectivity index (χ4n) is 1.03. The van der Waals surface area contributed by atoms with Gasteiger partial charge in [-0.25, -0.2) is 0 Å². The summed E-state index contributed by atoms with van der Waals surface area (Å²) in [7, 11) is -11.4. The Labute approximate surface area is 110 Å². The van der Waals surface area contributed by atoms with Gasteiger partial charge >= 0.3 is 23.6 Å². The molecular weight excluding hydrogens is 357 g/mol. The molecule has 0 aliphatic rings. The van der Waals surface area contributed by atoms with E-state index in [4.69, 9.17) is 0 Å². The number of halogens is 5. The summed E-state index contributed by atoms with van der Waals surface area (Å²) in [4.78, 5) is 0. The molecule has 110 valence electrons. The molecule has 1 rings (SSSR count). The van der Waals surface area contributed by atoms with Crippen LogP contribution in [0.5, 0.6) is 0 Å². The van der Waals surface area contributed by atoms with Gasteiger partial charge in [-0.2, -0.15) is 0 Å². The molecule has 0 amide bonds. The molecule has 0 radical (unpaired) electrons. The predicted molar refractivity (Wildman–Crippen MR) is 65.7 cm³/mol. The first-order valence-electron chi connectivity index (χ1n) is 4.19. The summed E-state index contributed by atoms with van der Waals surface area (Å²) in [6.07, 6.45) is 0. The normalized spacial score (nSPS) is 18.2. The van der Waals surface area contributed by atoms with Crippen molar-refractivity contribution in [2.45, 2.75) is 0 Å². The zero-order chi connectivity index (χ0) is 14.8.